The Morgan fingerprint density at radius 2 is 1.62 bits per heavy atom. The Kier molecular flexibility index (Phi) is 7.42. The Bertz CT molecular complexity index is 532. The first kappa shape index (κ1) is 17.7. The highest BCUT2D eigenvalue weighted by molar-refractivity contribution is 7.91. The number of sulfone groups is 1. The van der Waals surface area contributed by atoms with Gasteiger partial charge >= 0.3 is 0 Å². The number of hydrogen-bond donors (Lipinski definition) is 2. The van der Waals surface area contributed by atoms with Crippen molar-refractivity contribution in [1.82, 2.24) is 9.97 Å². The molecule has 0 spiro atoms. The third kappa shape index (κ3) is 5.87. The minimum Gasteiger partial charge on any atom is -0.370 e. The van der Waals surface area contributed by atoms with Crippen LogP contribution in [0.5, 0.6) is 0 Å². The summed E-state index contributed by atoms with van der Waals surface area (Å²) in [6, 6.07) is 0. The van der Waals surface area contributed by atoms with Crippen LogP contribution in [0.1, 0.15) is 39.2 Å². The molecule has 0 bridgehead atoms. The molecule has 0 saturated carbocycles. The van der Waals surface area contributed by atoms with Crippen molar-refractivity contribution in [2.45, 2.75) is 40.0 Å². The van der Waals surface area contributed by atoms with Crippen molar-refractivity contribution in [3.8, 4) is 0 Å². The van der Waals surface area contributed by atoms with Crippen LogP contribution in [0.15, 0.2) is 6.33 Å². The molecule has 120 valence electrons. The maximum absolute atomic E-state index is 11.5. The molecule has 1 aromatic rings. The zero-order chi connectivity index (χ0) is 15.7. The van der Waals surface area contributed by atoms with Crippen LogP contribution < -0.4 is 10.6 Å². The van der Waals surface area contributed by atoms with Crippen molar-refractivity contribution in [3.63, 3.8) is 0 Å². The quantitative estimate of drug-likeness (QED) is 0.688. The largest absolute Gasteiger partial charge is 0.370 e. The molecular weight excluding hydrogens is 288 g/mol. The molecule has 0 aliphatic rings. The summed E-state index contributed by atoms with van der Waals surface area (Å²) < 4.78 is 23.0. The van der Waals surface area contributed by atoms with Crippen molar-refractivity contribution >= 4 is 21.5 Å². The second-order valence-corrected chi connectivity index (χ2v) is 7.36. The topological polar surface area (TPSA) is 84.0 Å². The summed E-state index contributed by atoms with van der Waals surface area (Å²) in [5, 5.41) is 6.43. The highest BCUT2D eigenvalue weighted by Crippen LogP contribution is 2.21. The van der Waals surface area contributed by atoms with Gasteiger partial charge in [-0.3, -0.25) is 0 Å². The number of hydrogen-bond acceptors (Lipinski definition) is 6. The van der Waals surface area contributed by atoms with Crippen LogP contribution in [0, 0.1) is 0 Å². The molecule has 0 fully saturated rings. The summed E-state index contributed by atoms with van der Waals surface area (Å²) in [5.74, 6) is 1.87. The third-order valence-electron chi connectivity index (χ3n) is 3.13. The summed E-state index contributed by atoms with van der Waals surface area (Å²) in [5.41, 5.74) is 1.03. The molecular formula is C14H26N4O2S. The summed E-state index contributed by atoms with van der Waals surface area (Å²) in [6.07, 6.45) is 4.37. The Balaban J connectivity index is 2.80. The van der Waals surface area contributed by atoms with E-state index >= 15 is 0 Å². The standard InChI is InChI=1S/C14H26N4O2S/c1-4-7-12-13(15-8-5-2)17-11-18-14(12)16-9-10-21(19,20)6-3/h11H,4-10H2,1-3H3,(H2,15,16,17,18). The Morgan fingerprint density at radius 1 is 1.00 bits per heavy atom. The average molecular weight is 314 g/mol. The van der Waals surface area contributed by atoms with Gasteiger partial charge in [0.2, 0.25) is 0 Å². The van der Waals surface area contributed by atoms with Gasteiger partial charge in [0.05, 0.1) is 5.75 Å². The fourth-order valence-electron chi connectivity index (χ4n) is 1.92. The molecule has 1 rings (SSSR count). The molecule has 0 aliphatic heterocycles. The summed E-state index contributed by atoms with van der Waals surface area (Å²) in [7, 11) is -2.96. The SMILES string of the molecule is CCCNc1ncnc(NCCS(=O)(=O)CC)c1CCC. The summed E-state index contributed by atoms with van der Waals surface area (Å²) >= 11 is 0. The van der Waals surface area contributed by atoms with E-state index in [1.807, 2.05) is 0 Å². The van der Waals surface area contributed by atoms with E-state index in [1.165, 1.54) is 6.33 Å². The molecule has 21 heavy (non-hydrogen) atoms. The predicted molar refractivity (Wildman–Crippen MR) is 87.6 cm³/mol. The molecule has 1 heterocycles. The van der Waals surface area contributed by atoms with E-state index in [0.29, 0.717) is 6.54 Å². The van der Waals surface area contributed by atoms with Crippen LogP contribution in [0.2, 0.25) is 0 Å². The lowest BCUT2D eigenvalue weighted by Gasteiger charge is -2.14. The van der Waals surface area contributed by atoms with Crippen LogP contribution in [0.3, 0.4) is 0 Å². The Morgan fingerprint density at radius 3 is 2.14 bits per heavy atom. The van der Waals surface area contributed by atoms with Crippen molar-refractivity contribution in [2.75, 3.05) is 35.2 Å². The highest BCUT2D eigenvalue weighted by atomic mass is 32.2. The second kappa shape index (κ2) is 8.81. The maximum Gasteiger partial charge on any atom is 0.151 e. The highest BCUT2D eigenvalue weighted by Gasteiger charge is 2.12. The normalized spacial score (nSPS) is 11.4. The number of aromatic nitrogens is 2. The molecule has 0 aliphatic carbocycles. The maximum atomic E-state index is 11.5. The molecule has 7 heteroatoms. The van der Waals surface area contributed by atoms with E-state index < -0.39 is 9.84 Å². The smallest absolute Gasteiger partial charge is 0.151 e. The van der Waals surface area contributed by atoms with Crippen LogP contribution in [-0.2, 0) is 16.3 Å². The minimum absolute atomic E-state index is 0.122. The zero-order valence-electron chi connectivity index (χ0n) is 13.1. The fourth-order valence-corrected chi connectivity index (χ4v) is 2.62. The van der Waals surface area contributed by atoms with Gasteiger partial charge in [-0.05, 0) is 12.8 Å². The third-order valence-corrected chi connectivity index (χ3v) is 4.84. The fraction of sp³-hybridized carbons (Fsp3) is 0.714. The lowest BCUT2D eigenvalue weighted by molar-refractivity contribution is 0.597. The van der Waals surface area contributed by atoms with Gasteiger partial charge in [0, 0.05) is 24.4 Å². The van der Waals surface area contributed by atoms with E-state index in [-0.39, 0.29) is 11.5 Å². The number of anilines is 2. The van der Waals surface area contributed by atoms with Crippen molar-refractivity contribution < 1.29 is 8.42 Å². The Hall–Kier alpha value is -1.37. The van der Waals surface area contributed by atoms with E-state index in [4.69, 9.17) is 0 Å². The van der Waals surface area contributed by atoms with Crippen LogP contribution in [-0.4, -0.2) is 43.0 Å². The molecule has 0 saturated heterocycles. The summed E-state index contributed by atoms with van der Waals surface area (Å²) in [6.45, 7) is 7.09. The van der Waals surface area contributed by atoms with Gasteiger partial charge in [-0.1, -0.05) is 27.2 Å². The molecule has 0 aromatic carbocycles. The molecule has 2 N–H and O–H groups in total. The van der Waals surface area contributed by atoms with Crippen LogP contribution in [0.4, 0.5) is 11.6 Å². The lowest BCUT2D eigenvalue weighted by Crippen LogP contribution is -2.19. The van der Waals surface area contributed by atoms with Gasteiger partial charge in [-0.25, -0.2) is 18.4 Å². The van der Waals surface area contributed by atoms with Gasteiger partial charge in [0.25, 0.3) is 0 Å². The average Bonchev–Trinajstić information content (AvgIpc) is 2.47. The van der Waals surface area contributed by atoms with Crippen molar-refractivity contribution in [3.05, 3.63) is 11.9 Å². The lowest BCUT2D eigenvalue weighted by atomic mass is 10.1. The Labute approximate surface area is 127 Å². The van der Waals surface area contributed by atoms with Gasteiger partial charge < -0.3 is 10.6 Å². The molecule has 6 nitrogen and oxygen atoms in total. The van der Waals surface area contributed by atoms with E-state index in [0.717, 1.165) is 43.0 Å². The first-order valence-electron chi connectivity index (χ1n) is 7.56. The molecule has 0 atom stereocenters. The first-order chi connectivity index (χ1) is 10.0. The van der Waals surface area contributed by atoms with Gasteiger partial charge in [-0.15, -0.1) is 0 Å². The second-order valence-electron chi connectivity index (χ2n) is 4.89. The van der Waals surface area contributed by atoms with Crippen molar-refractivity contribution in [2.24, 2.45) is 0 Å². The molecule has 0 radical (unpaired) electrons. The molecule has 0 unspecified atom stereocenters. The van der Waals surface area contributed by atoms with Gasteiger partial charge in [-0.2, -0.15) is 0 Å². The van der Waals surface area contributed by atoms with E-state index in [2.05, 4.69) is 34.4 Å². The van der Waals surface area contributed by atoms with Crippen LogP contribution in [0.25, 0.3) is 0 Å². The van der Waals surface area contributed by atoms with E-state index in [9.17, 15) is 8.42 Å². The van der Waals surface area contributed by atoms with Gasteiger partial charge in [0.1, 0.15) is 18.0 Å². The number of nitrogens with one attached hydrogen (secondary N) is 2. The minimum atomic E-state index is -2.96. The molecule has 1 aromatic heterocycles. The number of rotatable bonds is 10. The van der Waals surface area contributed by atoms with Crippen LogP contribution >= 0.6 is 0 Å². The van der Waals surface area contributed by atoms with E-state index in [1.54, 1.807) is 6.92 Å². The van der Waals surface area contributed by atoms with Gasteiger partial charge in [0.15, 0.2) is 9.84 Å². The summed E-state index contributed by atoms with van der Waals surface area (Å²) in [4.78, 5) is 8.54. The monoisotopic (exact) mass is 314 g/mol. The first-order valence-corrected chi connectivity index (χ1v) is 9.38. The predicted octanol–water partition coefficient (Wildman–Crippen LogP) is 2.10. The number of nitrogens with zero attached hydrogens (tertiary/aromatic N) is 2. The zero-order valence-corrected chi connectivity index (χ0v) is 14.0. The molecule has 0 amide bonds. The van der Waals surface area contributed by atoms with Crippen molar-refractivity contribution in [1.29, 1.82) is 0 Å².